The van der Waals surface area contributed by atoms with Crippen LogP contribution in [0.1, 0.15) is 57.8 Å². The molecule has 0 radical (unpaired) electrons. The molecular formula is C27H41N5O5S. The van der Waals surface area contributed by atoms with E-state index in [0.717, 1.165) is 90.6 Å². The first kappa shape index (κ1) is 28.7. The number of ether oxygens (including phenoxy) is 1. The average molecular weight is 548 g/mol. The standard InChI is InChI=1S/C27H41N5O5S/c33-26-24(25(27(26)34)30-22-10-13-28-14-11-22)29-12-5-1-2-6-16-32(38(35,36)23-8-3-4-9-23)17-7-15-31-18-20-37-21-19-31/h10-11,13-14,23,29H,1-9,12,15-21H2,(H,28,30). The van der Waals surface area contributed by atoms with Crippen LogP contribution < -0.4 is 21.5 Å². The predicted molar refractivity (Wildman–Crippen MR) is 150 cm³/mol. The second kappa shape index (κ2) is 14.2. The van der Waals surface area contributed by atoms with Crippen LogP contribution in [0.5, 0.6) is 0 Å². The minimum atomic E-state index is -3.26. The Bertz CT molecular complexity index is 1170. The van der Waals surface area contributed by atoms with E-state index in [1.54, 1.807) is 28.8 Å². The van der Waals surface area contributed by atoms with E-state index in [2.05, 4.69) is 20.5 Å². The van der Waals surface area contributed by atoms with Gasteiger partial charge in [-0.2, -0.15) is 0 Å². The van der Waals surface area contributed by atoms with Gasteiger partial charge in [-0.3, -0.25) is 19.5 Å². The molecular weight excluding hydrogens is 506 g/mol. The lowest BCUT2D eigenvalue weighted by molar-refractivity contribution is 0.0369. The Labute approximate surface area is 225 Å². The van der Waals surface area contributed by atoms with Gasteiger partial charge < -0.3 is 15.4 Å². The lowest BCUT2D eigenvalue weighted by Gasteiger charge is -2.29. The molecule has 0 unspecified atom stereocenters. The van der Waals surface area contributed by atoms with Crippen molar-refractivity contribution in [2.75, 3.05) is 63.1 Å². The van der Waals surface area contributed by atoms with Crippen molar-refractivity contribution in [3.8, 4) is 0 Å². The molecule has 1 aliphatic carbocycles. The number of hydrogen-bond donors (Lipinski definition) is 2. The molecule has 1 saturated carbocycles. The number of aromatic nitrogens is 1. The minimum absolute atomic E-state index is 0.221. The number of hydrogen-bond acceptors (Lipinski definition) is 9. The number of morpholine rings is 1. The third-order valence-corrected chi connectivity index (χ3v) is 9.96. The molecule has 1 aliphatic heterocycles. The van der Waals surface area contributed by atoms with Crippen molar-refractivity contribution in [3.63, 3.8) is 0 Å². The third-order valence-electron chi connectivity index (χ3n) is 7.56. The molecule has 0 bridgehead atoms. The van der Waals surface area contributed by atoms with E-state index in [4.69, 9.17) is 4.74 Å². The van der Waals surface area contributed by atoms with Gasteiger partial charge in [0.25, 0.3) is 10.9 Å². The van der Waals surface area contributed by atoms with Crippen molar-refractivity contribution < 1.29 is 13.2 Å². The fourth-order valence-corrected chi connectivity index (χ4v) is 7.42. The molecule has 0 amide bonds. The Balaban J connectivity index is 1.18. The zero-order chi connectivity index (χ0) is 26.8. The Kier molecular flexibility index (Phi) is 10.7. The van der Waals surface area contributed by atoms with Gasteiger partial charge in [0.2, 0.25) is 10.0 Å². The van der Waals surface area contributed by atoms with Crippen LogP contribution in [-0.2, 0) is 14.8 Å². The highest BCUT2D eigenvalue weighted by molar-refractivity contribution is 7.89. The normalized spacial score (nSPS) is 17.4. The van der Waals surface area contributed by atoms with E-state index >= 15 is 0 Å². The maximum atomic E-state index is 13.3. The van der Waals surface area contributed by atoms with Gasteiger partial charge in [-0.15, -0.1) is 0 Å². The van der Waals surface area contributed by atoms with Gasteiger partial charge in [0, 0.05) is 50.8 Å². The molecule has 0 atom stereocenters. The molecule has 2 N–H and O–H groups in total. The number of pyridine rings is 1. The van der Waals surface area contributed by atoms with Crippen LogP contribution >= 0.6 is 0 Å². The molecule has 1 saturated heterocycles. The van der Waals surface area contributed by atoms with Crippen molar-refractivity contribution >= 4 is 27.1 Å². The van der Waals surface area contributed by atoms with Crippen molar-refractivity contribution in [1.82, 2.24) is 14.2 Å². The van der Waals surface area contributed by atoms with E-state index in [0.29, 0.717) is 36.7 Å². The maximum absolute atomic E-state index is 13.3. The van der Waals surface area contributed by atoms with Gasteiger partial charge in [-0.05, 0) is 50.8 Å². The zero-order valence-corrected chi connectivity index (χ0v) is 23.0. The maximum Gasteiger partial charge on any atom is 0.253 e. The second-order valence-corrected chi connectivity index (χ2v) is 12.5. The molecule has 1 aromatic carbocycles. The molecule has 2 heterocycles. The Morgan fingerprint density at radius 3 is 2.32 bits per heavy atom. The van der Waals surface area contributed by atoms with E-state index in [1.807, 2.05) is 0 Å². The Morgan fingerprint density at radius 1 is 0.921 bits per heavy atom. The van der Waals surface area contributed by atoms with Crippen molar-refractivity contribution in [3.05, 3.63) is 45.0 Å². The molecule has 2 aromatic rings. The monoisotopic (exact) mass is 547 g/mol. The van der Waals surface area contributed by atoms with Crippen LogP contribution in [0.2, 0.25) is 0 Å². The van der Waals surface area contributed by atoms with Gasteiger partial charge in [0.15, 0.2) is 0 Å². The fraction of sp³-hybridized carbons (Fsp3) is 0.667. The highest BCUT2D eigenvalue weighted by Crippen LogP contribution is 2.27. The zero-order valence-electron chi connectivity index (χ0n) is 22.2. The summed E-state index contributed by atoms with van der Waals surface area (Å²) >= 11 is 0. The number of nitrogens with one attached hydrogen (secondary N) is 2. The van der Waals surface area contributed by atoms with Gasteiger partial charge in [-0.1, -0.05) is 25.7 Å². The SMILES string of the molecule is O=c1c(NCCCCCCN(CCCN2CCOCC2)S(=O)(=O)C2CCCC2)c(Nc2ccncc2)c1=O. The van der Waals surface area contributed by atoms with Crippen molar-refractivity contribution in [2.24, 2.45) is 0 Å². The fourth-order valence-electron chi connectivity index (χ4n) is 5.30. The van der Waals surface area contributed by atoms with E-state index in [-0.39, 0.29) is 5.25 Å². The average Bonchev–Trinajstić information content (AvgIpc) is 3.50. The molecule has 0 spiro atoms. The summed E-state index contributed by atoms with van der Waals surface area (Å²) in [6.45, 7) is 5.97. The van der Waals surface area contributed by atoms with Crippen LogP contribution in [0.15, 0.2) is 34.1 Å². The first-order valence-corrected chi connectivity index (χ1v) is 15.5. The lowest BCUT2D eigenvalue weighted by atomic mass is 10.1. The molecule has 2 fully saturated rings. The summed E-state index contributed by atoms with van der Waals surface area (Å²) in [5, 5.41) is 5.87. The summed E-state index contributed by atoms with van der Waals surface area (Å²) in [6.07, 6.45) is 11.1. The largest absolute Gasteiger partial charge is 0.380 e. The Morgan fingerprint density at radius 2 is 1.58 bits per heavy atom. The highest BCUT2D eigenvalue weighted by atomic mass is 32.2. The number of anilines is 3. The second-order valence-electron chi connectivity index (χ2n) is 10.3. The van der Waals surface area contributed by atoms with E-state index < -0.39 is 20.9 Å². The molecule has 38 heavy (non-hydrogen) atoms. The third kappa shape index (κ3) is 7.62. The summed E-state index contributed by atoms with van der Waals surface area (Å²) in [5.74, 6) is 0. The number of nitrogens with zero attached hydrogens (tertiary/aromatic N) is 3. The number of sulfonamides is 1. The minimum Gasteiger partial charge on any atom is -0.380 e. The first-order valence-electron chi connectivity index (χ1n) is 14.0. The number of unbranched alkanes of at least 4 members (excludes halogenated alkanes) is 3. The highest BCUT2D eigenvalue weighted by Gasteiger charge is 2.33. The van der Waals surface area contributed by atoms with Crippen LogP contribution in [0.4, 0.5) is 17.1 Å². The van der Waals surface area contributed by atoms with Crippen LogP contribution in [0, 0.1) is 0 Å². The summed E-state index contributed by atoms with van der Waals surface area (Å²) in [4.78, 5) is 30.3. The van der Waals surface area contributed by atoms with Crippen LogP contribution in [0.3, 0.4) is 0 Å². The topological polar surface area (TPSA) is 121 Å². The summed E-state index contributed by atoms with van der Waals surface area (Å²) in [6, 6.07) is 3.47. The summed E-state index contributed by atoms with van der Waals surface area (Å²) in [7, 11) is -3.26. The molecule has 4 rings (SSSR count). The molecule has 11 heteroatoms. The van der Waals surface area contributed by atoms with E-state index in [1.165, 1.54) is 0 Å². The van der Waals surface area contributed by atoms with Gasteiger partial charge in [0.05, 0.1) is 18.5 Å². The van der Waals surface area contributed by atoms with E-state index in [9.17, 15) is 18.0 Å². The van der Waals surface area contributed by atoms with Gasteiger partial charge in [-0.25, -0.2) is 12.7 Å². The summed E-state index contributed by atoms with van der Waals surface area (Å²) < 4.78 is 33.8. The molecule has 1 aromatic heterocycles. The van der Waals surface area contributed by atoms with Gasteiger partial charge in [0.1, 0.15) is 11.4 Å². The van der Waals surface area contributed by atoms with Crippen molar-refractivity contribution in [1.29, 1.82) is 0 Å². The first-order chi connectivity index (χ1) is 18.5. The number of rotatable bonds is 16. The summed E-state index contributed by atoms with van der Waals surface area (Å²) in [5.41, 5.74) is 0.331. The Hall–Kier alpha value is -2.34. The smallest absolute Gasteiger partial charge is 0.253 e. The van der Waals surface area contributed by atoms with Crippen molar-refractivity contribution in [2.45, 2.75) is 63.0 Å². The van der Waals surface area contributed by atoms with Crippen LogP contribution in [-0.4, -0.2) is 80.3 Å². The quantitative estimate of drug-likeness (QED) is 0.241. The molecule has 10 nitrogen and oxygen atoms in total. The molecule has 210 valence electrons. The molecule has 2 aliphatic rings. The lowest BCUT2D eigenvalue weighted by Crippen LogP contribution is -2.41. The predicted octanol–water partition coefficient (Wildman–Crippen LogP) is 2.69. The van der Waals surface area contributed by atoms with Gasteiger partial charge >= 0.3 is 0 Å². The van der Waals surface area contributed by atoms with Crippen LogP contribution in [0.25, 0.3) is 0 Å².